The van der Waals surface area contributed by atoms with Crippen molar-refractivity contribution in [2.24, 2.45) is 0 Å². The zero-order valence-electron chi connectivity index (χ0n) is 12.8. The van der Waals surface area contributed by atoms with Gasteiger partial charge in [-0.2, -0.15) is 0 Å². The van der Waals surface area contributed by atoms with Crippen LogP contribution in [0.4, 0.5) is 0 Å². The van der Waals surface area contributed by atoms with Crippen molar-refractivity contribution in [3.05, 3.63) is 64.0 Å². The van der Waals surface area contributed by atoms with Crippen LogP contribution in [0.2, 0.25) is 0 Å². The lowest BCUT2D eigenvalue weighted by atomic mass is 10.1. The highest BCUT2D eigenvalue weighted by Crippen LogP contribution is 2.22. The van der Waals surface area contributed by atoms with Crippen LogP contribution in [0.5, 0.6) is 0 Å². The van der Waals surface area contributed by atoms with Gasteiger partial charge in [0, 0.05) is 16.6 Å². The Morgan fingerprint density at radius 3 is 2.79 bits per heavy atom. The van der Waals surface area contributed by atoms with E-state index in [9.17, 15) is 4.79 Å². The molecule has 1 aliphatic heterocycles. The Labute approximate surface area is 142 Å². The topological polar surface area (TPSA) is 65.5 Å². The number of fused-ring (bicyclic) bond motifs is 2. The Hall–Kier alpha value is -2.86. The molecule has 3 aromatic rings. The van der Waals surface area contributed by atoms with E-state index in [1.807, 2.05) is 53.7 Å². The molecule has 2 heterocycles. The smallest absolute Gasteiger partial charge is 0.309 e. The number of carboxylic acid groups (broad SMARTS) is 1. The number of benzene rings is 2. The number of hydrogen-bond donors (Lipinski definition) is 2. The van der Waals surface area contributed by atoms with Gasteiger partial charge in [0.05, 0.1) is 28.9 Å². The SMILES string of the molecule is O=C(O)CC1=c2ccccc2=CN(Cc2nc3ccccc3s2)N1. The molecule has 0 unspecified atom stereocenters. The van der Waals surface area contributed by atoms with Crippen molar-refractivity contribution < 1.29 is 9.90 Å². The molecule has 120 valence electrons. The summed E-state index contributed by atoms with van der Waals surface area (Å²) in [4.78, 5) is 15.8. The second kappa shape index (κ2) is 5.98. The number of carbonyl (C=O) groups is 1. The fourth-order valence-electron chi connectivity index (χ4n) is 2.82. The number of carboxylic acids is 1. The lowest BCUT2D eigenvalue weighted by Gasteiger charge is -2.26. The lowest BCUT2D eigenvalue weighted by Crippen LogP contribution is -2.45. The number of aliphatic carboxylic acids is 1. The number of nitrogens with zero attached hydrogens (tertiary/aromatic N) is 2. The molecule has 1 aliphatic rings. The molecule has 1 aromatic heterocycles. The first-order valence-corrected chi connectivity index (χ1v) is 8.40. The molecular weight excluding hydrogens is 322 g/mol. The number of hydrazine groups is 1. The Balaban J connectivity index is 1.68. The predicted molar refractivity (Wildman–Crippen MR) is 94.1 cm³/mol. The first-order valence-electron chi connectivity index (χ1n) is 7.59. The van der Waals surface area contributed by atoms with E-state index in [1.165, 1.54) is 0 Å². The summed E-state index contributed by atoms with van der Waals surface area (Å²) in [6, 6.07) is 15.8. The number of hydrogen-bond acceptors (Lipinski definition) is 5. The molecule has 4 rings (SSSR count). The average molecular weight is 337 g/mol. The van der Waals surface area contributed by atoms with Crippen LogP contribution < -0.4 is 15.9 Å². The largest absolute Gasteiger partial charge is 0.481 e. The van der Waals surface area contributed by atoms with Crippen molar-refractivity contribution >= 4 is 39.4 Å². The predicted octanol–water partition coefficient (Wildman–Crippen LogP) is 1.64. The second-order valence-electron chi connectivity index (χ2n) is 5.58. The van der Waals surface area contributed by atoms with Crippen LogP contribution in [0.25, 0.3) is 22.1 Å². The molecule has 5 nitrogen and oxygen atoms in total. The fourth-order valence-corrected chi connectivity index (χ4v) is 3.79. The summed E-state index contributed by atoms with van der Waals surface area (Å²) in [5, 5.41) is 14.0. The summed E-state index contributed by atoms with van der Waals surface area (Å²) in [7, 11) is 0. The standard InChI is InChI=1S/C18H15N3O2S/c22-18(23)9-15-13-6-2-1-5-12(13)10-21(20-15)11-17-19-14-7-3-4-8-16(14)24-17/h1-8,10,20H,9,11H2,(H,22,23). The van der Waals surface area contributed by atoms with Crippen molar-refractivity contribution in [2.45, 2.75) is 13.0 Å². The summed E-state index contributed by atoms with van der Waals surface area (Å²) in [5.74, 6) is -0.853. The Kier molecular flexibility index (Phi) is 3.66. The van der Waals surface area contributed by atoms with E-state index >= 15 is 0 Å². The lowest BCUT2D eigenvalue weighted by molar-refractivity contribution is -0.135. The van der Waals surface area contributed by atoms with Crippen molar-refractivity contribution in [3.8, 4) is 0 Å². The van der Waals surface area contributed by atoms with Crippen molar-refractivity contribution in [3.63, 3.8) is 0 Å². The van der Waals surface area contributed by atoms with Crippen molar-refractivity contribution in [2.75, 3.05) is 0 Å². The Morgan fingerprint density at radius 2 is 1.96 bits per heavy atom. The van der Waals surface area contributed by atoms with Crippen LogP contribution in [0.15, 0.2) is 48.5 Å². The van der Waals surface area contributed by atoms with E-state index in [1.54, 1.807) is 11.3 Å². The highest BCUT2D eigenvalue weighted by molar-refractivity contribution is 7.18. The van der Waals surface area contributed by atoms with Gasteiger partial charge < -0.3 is 10.5 Å². The number of para-hydroxylation sites is 1. The van der Waals surface area contributed by atoms with Gasteiger partial charge in [0.15, 0.2) is 0 Å². The molecule has 2 N–H and O–H groups in total. The third-order valence-electron chi connectivity index (χ3n) is 3.83. The van der Waals surface area contributed by atoms with E-state index in [2.05, 4.69) is 16.5 Å². The monoisotopic (exact) mass is 337 g/mol. The van der Waals surface area contributed by atoms with Crippen molar-refractivity contribution in [1.82, 2.24) is 15.4 Å². The number of aromatic nitrogens is 1. The zero-order chi connectivity index (χ0) is 16.5. The first kappa shape index (κ1) is 14.7. The summed E-state index contributed by atoms with van der Waals surface area (Å²) >= 11 is 1.65. The maximum atomic E-state index is 11.2. The minimum atomic E-state index is -0.853. The van der Waals surface area contributed by atoms with Gasteiger partial charge in [-0.15, -0.1) is 11.3 Å². The summed E-state index contributed by atoms with van der Waals surface area (Å²) < 4.78 is 1.15. The minimum Gasteiger partial charge on any atom is -0.481 e. The summed E-state index contributed by atoms with van der Waals surface area (Å²) in [6.07, 6.45) is 1.95. The van der Waals surface area contributed by atoms with E-state index in [0.29, 0.717) is 12.2 Å². The van der Waals surface area contributed by atoms with Crippen LogP contribution in [-0.4, -0.2) is 21.1 Å². The highest BCUT2D eigenvalue weighted by Gasteiger charge is 2.14. The van der Waals surface area contributed by atoms with Gasteiger partial charge in [-0.1, -0.05) is 36.4 Å². The van der Waals surface area contributed by atoms with Gasteiger partial charge in [-0.25, -0.2) is 4.98 Å². The highest BCUT2D eigenvalue weighted by atomic mass is 32.1. The second-order valence-corrected chi connectivity index (χ2v) is 6.70. The van der Waals surface area contributed by atoms with E-state index < -0.39 is 5.97 Å². The summed E-state index contributed by atoms with van der Waals surface area (Å²) in [6.45, 7) is 0.580. The van der Waals surface area contributed by atoms with Gasteiger partial charge in [-0.3, -0.25) is 9.80 Å². The third kappa shape index (κ3) is 2.83. The van der Waals surface area contributed by atoms with Gasteiger partial charge in [-0.05, 0) is 12.1 Å². The molecular formula is C18H15N3O2S. The molecule has 0 radical (unpaired) electrons. The van der Waals surface area contributed by atoms with E-state index in [-0.39, 0.29) is 6.42 Å². The molecule has 0 aliphatic carbocycles. The van der Waals surface area contributed by atoms with Crippen LogP contribution in [0, 0.1) is 0 Å². The van der Waals surface area contributed by atoms with Crippen LogP contribution in [0.1, 0.15) is 11.4 Å². The molecule has 0 saturated heterocycles. The van der Waals surface area contributed by atoms with Gasteiger partial charge in [0.25, 0.3) is 0 Å². The maximum Gasteiger partial charge on any atom is 0.309 e. The molecule has 0 fully saturated rings. The zero-order valence-corrected chi connectivity index (χ0v) is 13.6. The van der Waals surface area contributed by atoms with E-state index in [0.717, 1.165) is 25.7 Å². The third-order valence-corrected chi connectivity index (χ3v) is 4.85. The van der Waals surface area contributed by atoms with E-state index in [4.69, 9.17) is 5.11 Å². The van der Waals surface area contributed by atoms with Crippen LogP contribution in [0.3, 0.4) is 0 Å². The minimum absolute atomic E-state index is 0.0405. The number of nitrogens with one attached hydrogen (secondary N) is 1. The first-order chi connectivity index (χ1) is 11.7. The average Bonchev–Trinajstić information content (AvgIpc) is 2.96. The molecule has 0 atom stereocenters. The number of thiazole rings is 1. The number of rotatable bonds is 4. The van der Waals surface area contributed by atoms with Crippen LogP contribution in [-0.2, 0) is 11.3 Å². The molecule has 0 spiro atoms. The molecule has 0 bridgehead atoms. The Bertz CT molecular complexity index is 1010. The Morgan fingerprint density at radius 1 is 1.17 bits per heavy atom. The van der Waals surface area contributed by atoms with Gasteiger partial charge >= 0.3 is 5.97 Å². The molecule has 6 heteroatoms. The van der Waals surface area contributed by atoms with Crippen LogP contribution >= 0.6 is 11.3 Å². The van der Waals surface area contributed by atoms with Crippen molar-refractivity contribution in [1.29, 1.82) is 0 Å². The molecule has 0 saturated carbocycles. The fraction of sp³-hybridized carbons (Fsp3) is 0.111. The molecule has 2 aromatic carbocycles. The molecule has 24 heavy (non-hydrogen) atoms. The maximum absolute atomic E-state index is 11.2. The quantitative estimate of drug-likeness (QED) is 0.758. The normalized spacial score (nSPS) is 13.3. The van der Waals surface area contributed by atoms with Gasteiger partial charge in [0.1, 0.15) is 5.01 Å². The molecule has 0 amide bonds. The summed E-state index contributed by atoms with van der Waals surface area (Å²) in [5.41, 5.74) is 4.90. The van der Waals surface area contributed by atoms with Gasteiger partial charge in [0.2, 0.25) is 0 Å².